The van der Waals surface area contributed by atoms with E-state index in [1.807, 2.05) is 0 Å². The van der Waals surface area contributed by atoms with E-state index in [1.165, 1.54) is 6.92 Å². The first kappa shape index (κ1) is 12.4. The third-order valence-corrected chi connectivity index (χ3v) is 2.56. The summed E-state index contributed by atoms with van der Waals surface area (Å²) in [6.07, 6.45) is 0.975. The average molecular weight is 188 g/mol. The van der Waals surface area contributed by atoms with Crippen LogP contribution < -0.4 is 5.73 Å². The van der Waals surface area contributed by atoms with Crippen molar-refractivity contribution in [2.75, 3.05) is 6.26 Å². The number of hydrogen-bond donors (Lipinski definition) is 1. The molecule has 0 bridgehead atoms. The molecule has 0 radical (unpaired) electrons. The number of carbonyl (C=O) groups excluding carboxylic acids is 1. The quantitative estimate of drug-likeness (QED) is 0.623. The maximum absolute atomic E-state index is 10.5. The molecule has 0 aromatic heterocycles. The Labute approximate surface area is 66.1 Å². The van der Waals surface area contributed by atoms with Gasteiger partial charge in [-0.15, -0.1) is 12.4 Å². The van der Waals surface area contributed by atoms with Gasteiger partial charge in [0.25, 0.3) is 0 Å². The Morgan fingerprint density at radius 3 is 1.80 bits per heavy atom. The van der Waals surface area contributed by atoms with Crippen molar-refractivity contribution in [2.45, 2.75) is 12.2 Å². The highest BCUT2D eigenvalue weighted by Crippen LogP contribution is 1.94. The van der Waals surface area contributed by atoms with E-state index in [0.29, 0.717) is 0 Å². The Hall–Kier alpha value is -0.290. The van der Waals surface area contributed by atoms with Crippen molar-refractivity contribution in [3.63, 3.8) is 0 Å². The largest absolute Gasteiger partial charge is 0.369 e. The monoisotopic (exact) mass is 187 g/mol. The number of carbonyl (C=O) groups is 1. The SMILES string of the molecule is CC(C(N)=O)S(C)(=O)=O.Cl. The third kappa shape index (κ3) is 3.68. The summed E-state index contributed by atoms with van der Waals surface area (Å²) in [5.41, 5.74) is 4.70. The Balaban J connectivity index is 0. The number of sulfone groups is 1. The second-order valence-electron chi connectivity index (χ2n) is 1.87. The molecule has 0 spiro atoms. The van der Waals surface area contributed by atoms with Crippen molar-refractivity contribution in [3.8, 4) is 0 Å². The van der Waals surface area contributed by atoms with Crippen molar-refractivity contribution in [3.05, 3.63) is 0 Å². The van der Waals surface area contributed by atoms with E-state index in [9.17, 15) is 13.2 Å². The van der Waals surface area contributed by atoms with Crippen LogP contribution in [-0.4, -0.2) is 25.8 Å². The fourth-order valence-electron chi connectivity index (χ4n) is 0.211. The summed E-state index contributed by atoms with van der Waals surface area (Å²) in [4.78, 5) is 10.2. The molecule has 0 saturated heterocycles. The highest BCUT2D eigenvalue weighted by Gasteiger charge is 2.19. The molecule has 6 heteroatoms. The van der Waals surface area contributed by atoms with Gasteiger partial charge in [0.05, 0.1) is 0 Å². The highest BCUT2D eigenvalue weighted by atomic mass is 35.5. The van der Waals surface area contributed by atoms with Crippen molar-refractivity contribution in [1.82, 2.24) is 0 Å². The van der Waals surface area contributed by atoms with Gasteiger partial charge in [0.1, 0.15) is 5.25 Å². The van der Waals surface area contributed by atoms with Crippen molar-refractivity contribution in [1.29, 1.82) is 0 Å². The van der Waals surface area contributed by atoms with Gasteiger partial charge in [-0.1, -0.05) is 0 Å². The first-order valence-electron chi connectivity index (χ1n) is 2.34. The maximum Gasteiger partial charge on any atom is 0.235 e. The predicted octanol–water partition coefficient (Wildman–Crippen LogP) is -0.673. The second-order valence-corrected chi connectivity index (χ2v) is 4.24. The first-order valence-corrected chi connectivity index (χ1v) is 4.29. The van der Waals surface area contributed by atoms with Gasteiger partial charge in [0.15, 0.2) is 9.84 Å². The van der Waals surface area contributed by atoms with E-state index in [1.54, 1.807) is 0 Å². The zero-order valence-corrected chi connectivity index (χ0v) is 7.33. The van der Waals surface area contributed by atoms with Gasteiger partial charge < -0.3 is 5.73 Å². The van der Waals surface area contributed by atoms with Crippen LogP contribution in [0.25, 0.3) is 0 Å². The molecule has 0 aromatic carbocycles. The third-order valence-electron chi connectivity index (χ3n) is 1.04. The van der Waals surface area contributed by atoms with E-state index in [4.69, 9.17) is 5.73 Å². The topological polar surface area (TPSA) is 77.2 Å². The molecule has 0 aliphatic carbocycles. The van der Waals surface area contributed by atoms with Crippen molar-refractivity contribution < 1.29 is 13.2 Å². The molecule has 1 amide bonds. The van der Waals surface area contributed by atoms with Gasteiger partial charge in [-0.05, 0) is 6.92 Å². The second kappa shape index (κ2) is 3.78. The van der Waals surface area contributed by atoms with Crippen LogP contribution in [0.1, 0.15) is 6.92 Å². The fourth-order valence-corrected chi connectivity index (χ4v) is 0.633. The maximum atomic E-state index is 10.5. The van der Waals surface area contributed by atoms with Crippen LogP contribution in [0.5, 0.6) is 0 Å². The molecule has 1 atom stereocenters. The normalized spacial score (nSPS) is 13.4. The van der Waals surface area contributed by atoms with Crippen LogP contribution in [0.2, 0.25) is 0 Å². The number of amides is 1. The van der Waals surface area contributed by atoms with Gasteiger partial charge in [0, 0.05) is 6.26 Å². The average Bonchev–Trinajstić information content (AvgIpc) is 1.62. The zero-order valence-electron chi connectivity index (χ0n) is 5.70. The molecule has 0 rings (SSSR count). The molecule has 62 valence electrons. The van der Waals surface area contributed by atoms with Crippen LogP contribution in [-0.2, 0) is 14.6 Å². The van der Waals surface area contributed by atoms with Gasteiger partial charge in [-0.3, -0.25) is 4.79 Å². The molecule has 0 fully saturated rings. The number of nitrogens with two attached hydrogens (primary N) is 1. The van der Waals surface area contributed by atoms with Gasteiger partial charge in [-0.2, -0.15) is 0 Å². The molecule has 0 aliphatic rings. The predicted molar refractivity (Wildman–Crippen MR) is 40.7 cm³/mol. The minimum absolute atomic E-state index is 0. The number of halogens is 1. The minimum Gasteiger partial charge on any atom is -0.369 e. The lowest BCUT2D eigenvalue weighted by atomic mass is 10.5. The van der Waals surface area contributed by atoms with Crippen LogP contribution in [0.4, 0.5) is 0 Å². The standard InChI is InChI=1S/C4H9NO3S.ClH/c1-3(4(5)6)9(2,7)8;/h3H,1-2H3,(H2,5,6);1H. The van der Waals surface area contributed by atoms with Crippen LogP contribution in [0, 0.1) is 0 Å². The molecule has 2 N–H and O–H groups in total. The Kier molecular flexibility index (Phi) is 4.68. The summed E-state index contributed by atoms with van der Waals surface area (Å²) >= 11 is 0. The molecular formula is C4H10ClNO3S. The zero-order chi connectivity index (χ0) is 7.65. The molecule has 0 saturated carbocycles. The van der Waals surface area contributed by atoms with E-state index < -0.39 is 21.0 Å². The van der Waals surface area contributed by atoms with Gasteiger partial charge in [0.2, 0.25) is 5.91 Å². The molecule has 0 heterocycles. The van der Waals surface area contributed by atoms with Crippen molar-refractivity contribution in [2.24, 2.45) is 5.73 Å². The smallest absolute Gasteiger partial charge is 0.235 e. The number of rotatable bonds is 2. The molecule has 4 nitrogen and oxygen atoms in total. The lowest BCUT2D eigenvalue weighted by molar-refractivity contribution is -0.117. The summed E-state index contributed by atoms with van der Waals surface area (Å²) in [5, 5.41) is -1.07. The van der Waals surface area contributed by atoms with E-state index in [0.717, 1.165) is 6.26 Å². The van der Waals surface area contributed by atoms with E-state index in [-0.39, 0.29) is 12.4 Å². The Bertz CT molecular complexity index is 211. The summed E-state index contributed by atoms with van der Waals surface area (Å²) in [6.45, 7) is 1.26. The summed E-state index contributed by atoms with van der Waals surface area (Å²) in [7, 11) is -3.28. The minimum atomic E-state index is -3.28. The number of hydrogen-bond acceptors (Lipinski definition) is 3. The molecule has 0 aliphatic heterocycles. The summed E-state index contributed by atoms with van der Waals surface area (Å²) < 4.78 is 20.9. The molecule has 10 heavy (non-hydrogen) atoms. The Morgan fingerprint density at radius 2 is 1.80 bits per heavy atom. The van der Waals surface area contributed by atoms with Gasteiger partial charge in [-0.25, -0.2) is 8.42 Å². The summed E-state index contributed by atoms with van der Waals surface area (Å²) in [6, 6.07) is 0. The van der Waals surface area contributed by atoms with Crippen LogP contribution >= 0.6 is 12.4 Å². The molecular weight excluding hydrogens is 178 g/mol. The van der Waals surface area contributed by atoms with E-state index in [2.05, 4.69) is 0 Å². The highest BCUT2D eigenvalue weighted by molar-refractivity contribution is 7.92. The van der Waals surface area contributed by atoms with Gasteiger partial charge >= 0.3 is 0 Å². The molecule has 0 aromatic rings. The first-order chi connectivity index (χ1) is 3.85. The fraction of sp³-hybridized carbons (Fsp3) is 0.750. The van der Waals surface area contributed by atoms with Crippen molar-refractivity contribution >= 4 is 28.2 Å². The summed E-state index contributed by atoms with van der Waals surface area (Å²) in [5.74, 6) is -0.808. The lowest BCUT2D eigenvalue weighted by Crippen LogP contribution is -2.32. The van der Waals surface area contributed by atoms with E-state index >= 15 is 0 Å². The van der Waals surface area contributed by atoms with Crippen LogP contribution in [0.15, 0.2) is 0 Å². The number of primary amides is 1. The lowest BCUT2D eigenvalue weighted by Gasteiger charge is -2.01. The Morgan fingerprint density at radius 1 is 1.50 bits per heavy atom. The molecule has 1 unspecified atom stereocenters. The van der Waals surface area contributed by atoms with Crippen LogP contribution in [0.3, 0.4) is 0 Å².